The van der Waals surface area contributed by atoms with Gasteiger partial charge in [0.05, 0.1) is 44.5 Å². The summed E-state index contributed by atoms with van der Waals surface area (Å²) in [6, 6.07) is 8.68. The Labute approximate surface area is 213 Å². The number of anilines is 1. The summed E-state index contributed by atoms with van der Waals surface area (Å²) in [4.78, 5) is 25.5. The smallest absolute Gasteiger partial charge is 0.221 e. The summed E-state index contributed by atoms with van der Waals surface area (Å²) in [6.45, 7) is 1.03. The first kappa shape index (κ1) is 27.1. The number of aromatic nitrogens is 1. The molecule has 0 fully saturated rings. The highest BCUT2D eigenvalue weighted by molar-refractivity contribution is 8.04. The molecule has 3 N–H and O–H groups in total. The van der Waals surface area contributed by atoms with Gasteiger partial charge in [-0.05, 0) is 30.3 Å². The van der Waals surface area contributed by atoms with Crippen molar-refractivity contribution in [1.29, 1.82) is 0 Å². The summed E-state index contributed by atoms with van der Waals surface area (Å²) in [6.07, 6.45) is 2.65. The van der Waals surface area contributed by atoms with E-state index in [1.54, 1.807) is 24.3 Å². The van der Waals surface area contributed by atoms with Gasteiger partial charge in [0.1, 0.15) is 0 Å². The number of hydrogen-bond donors (Lipinski definition) is 3. The Hall–Kier alpha value is -3.47. The van der Waals surface area contributed by atoms with Crippen LogP contribution in [0.25, 0.3) is 17.0 Å². The summed E-state index contributed by atoms with van der Waals surface area (Å²) >= 11 is 1.14. The number of methoxy groups -OCH3 is 3. The monoisotopic (exact) mass is 514 g/mol. The average Bonchev–Trinajstić information content (AvgIpc) is 3.18. The number of nitrogens with one attached hydrogen (secondary N) is 1. The van der Waals surface area contributed by atoms with Gasteiger partial charge in [0.15, 0.2) is 17.3 Å². The first-order chi connectivity index (χ1) is 17.2. The Morgan fingerprint density at radius 1 is 1.11 bits per heavy atom. The van der Waals surface area contributed by atoms with Crippen molar-refractivity contribution < 1.29 is 34.0 Å². The zero-order valence-electron chi connectivity index (χ0n) is 20.8. The normalized spacial score (nSPS) is 12.4. The Kier molecular flexibility index (Phi) is 9.03. The number of nitrogens with zero attached hydrogens (tertiary/aromatic N) is 1. The van der Waals surface area contributed by atoms with Crippen LogP contribution in [0.4, 0.5) is 5.69 Å². The number of benzene rings is 2. The van der Waals surface area contributed by atoms with Crippen molar-refractivity contribution in [1.82, 2.24) is 4.57 Å². The lowest BCUT2D eigenvalue weighted by Gasteiger charge is -2.15. The fourth-order valence-corrected chi connectivity index (χ4v) is 4.66. The number of carbonyl (C=O) groups is 2. The van der Waals surface area contributed by atoms with E-state index in [9.17, 15) is 19.8 Å². The van der Waals surface area contributed by atoms with Gasteiger partial charge in [0.2, 0.25) is 11.7 Å². The maximum Gasteiger partial charge on any atom is 0.221 e. The molecule has 0 aliphatic heterocycles. The van der Waals surface area contributed by atoms with Crippen molar-refractivity contribution in [3.63, 3.8) is 0 Å². The van der Waals surface area contributed by atoms with Crippen molar-refractivity contribution in [2.45, 2.75) is 13.0 Å². The Balaban J connectivity index is 2.10. The minimum absolute atomic E-state index is 0.121. The molecule has 0 bridgehead atoms. The van der Waals surface area contributed by atoms with Crippen LogP contribution in [0.5, 0.6) is 17.2 Å². The lowest BCUT2D eigenvalue weighted by atomic mass is 10.1. The van der Waals surface area contributed by atoms with Gasteiger partial charge in [-0.2, -0.15) is 0 Å². The van der Waals surface area contributed by atoms with Crippen molar-refractivity contribution in [3.8, 4) is 17.2 Å². The molecule has 0 aliphatic rings. The number of ether oxygens (including phenoxy) is 3. The molecular weight excluding hydrogens is 484 g/mol. The number of aryl methyl sites for hydroxylation is 1. The number of thioether (sulfide) groups is 1. The lowest BCUT2D eigenvalue weighted by molar-refractivity contribution is -0.114. The van der Waals surface area contributed by atoms with Crippen LogP contribution in [-0.2, 0) is 11.8 Å². The fourth-order valence-electron chi connectivity index (χ4n) is 3.72. The summed E-state index contributed by atoms with van der Waals surface area (Å²) in [5.41, 5.74) is 2.63. The summed E-state index contributed by atoms with van der Waals surface area (Å²) in [5, 5.41) is 22.9. The number of fused-ring (bicyclic) bond motifs is 1. The molecule has 9 nitrogen and oxygen atoms in total. The highest BCUT2D eigenvalue weighted by Gasteiger charge is 2.21. The molecule has 3 aromatic rings. The van der Waals surface area contributed by atoms with Gasteiger partial charge in [-0.3, -0.25) is 9.59 Å². The van der Waals surface area contributed by atoms with Crippen LogP contribution in [0.2, 0.25) is 0 Å². The van der Waals surface area contributed by atoms with Gasteiger partial charge in [-0.1, -0.05) is 6.07 Å². The quantitative estimate of drug-likeness (QED) is 0.263. The van der Waals surface area contributed by atoms with E-state index < -0.39 is 12.7 Å². The Morgan fingerprint density at radius 2 is 1.78 bits per heavy atom. The third-order valence-electron chi connectivity index (χ3n) is 5.42. The fraction of sp³-hybridized carbons (Fsp3) is 0.308. The maximum absolute atomic E-state index is 13.7. The zero-order chi connectivity index (χ0) is 26.4. The lowest BCUT2D eigenvalue weighted by Crippen LogP contribution is -2.16. The predicted octanol–water partition coefficient (Wildman–Crippen LogP) is 3.47. The van der Waals surface area contributed by atoms with Crippen LogP contribution in [-0.4, -0.2) is 66.3 Å². The van der Waals surface area contributed by atoms with Crippen LogP contribution >= 0.6 is 11.8 Å². The van der Waals surface area contributed by atoms with Gasteiger partial charge >= 0.3 is 0 Å². The van der Waals surface area contributed by atoms with E-state index in [0.717, 1.165) is 28.2 Å². The Bertz CT molecular complexity index is 1270. The van der Waals surface area contributed by atoms with Crippen LogP contribution in [0.15, 0.2) is 41.4 Å². The molecular formula is C26H30N2O7S. The van der Waals surface area contributed by atoms with E-state index in [2.05, 4.69) is 5.32 Å². The second-order valence-corrected chi connectivity index (χ2v) is 9.07. The summed E-state index contributed by atoms with van der Waals surface area (Å²) in [7, 11) is 6.30. The minimum Gasteiger partial charge on any atom is -0.493 e. The SMILES string of the molecule is COc1cc(C(=O)/C(=C\c2cn(C)c3cc(NC(C)=O)ccc23)SCC(O)CO)cc(OC)c1OC. The molecule has 192 valence electrons. The molecule has 1 unspecified atom stereocenters. The van der Waals surface area contributed by atoms with E-state index in [0.29, 0.717) is 33.4 Å². The van der Waals surface area contributed by atoms with Gasteiger partial charge in [0, 0.05) is 48.1 Å². The molecule has 3 rings (SSSR count). The van der Waals surface area contributed by atoms with Crippen LogP contribution in [0.3, 0.4) is 0 Å². The van der Waals surface area contributed by atoms with E-state index in [1.807, 2.05) is 29.9 Å². The minimum atomic E-state index is -0.987. The number of rotatable bonds is 11. The number of ketones is 1. The van der Waals surface area contributed by atoms with Crippen molar-refractivity contribution >= 4 is 46.1 Å². The molecule has 36 heavy (non-hydrogen) atoms. The second-order valence-electron chi connectivity index (χ2n) is 8.01. The number of hydrogen-bond acceptors (Lipinski definition) is 8. The van der Waals surface area contributed by atoms with Crippen molar-refractivity contribution in [2.24, 2.45) is 7.05 Å². The molecule has 0 saturated heterocycles. The van der Waals surface area contributed by atoms with Gasteiger partial charge in [0.25, 0.3) is 0 Å². The maximum atomic E-state index is 13.7. The summed E-state index contributed by atoms with van der Waals surface area (Å²) in [5.74, 6) is 0.702. The van der Waals surface area contributed by atoms with Gasteiger partial charge < -0.3 is 34.3 Å². The molecule has 1 heterocycles. The molecule has 0 aliphatic carbocycles. The van der Waals surface area contributed by atoms with E-state index in [1.165, 1.54) is 28.3 Å². The number of aliphatic hydroxyl groups excluding tert-OH is 2. The van der Waals surface area contributed by atoms with E-state index in [-0.39, 0.29) is 17.4 Å². The molecule has 0 spiro atoms. The number of amides is 1. The van der Waals surface area contributed by atoms with Crippen LogP contribution < -0.4 is 19.5 Å². The summed E-state index contributed by atoms with van der Waals surface area (Å²) < 4.78 is 18.0. The Morgan fingerprint density at radius 3 is 2.33 bits per heavy atom. The van der Waals surface area contributed by atoms with Crippen LogP contribution in [0, 0.1) is 0 Å². The standard InChI is InChI=1S/C26H30N2O7S/c1-15(30)27-18-6-7-20-17(12-28(2)21(20)11-18)10-24(36-14-19(31)13-29)25(32)16-8-22(33-3)26(35-5)23(9-16)34-4/h6-12,19,29,31H,13-14H2,1-5H3,(H,27,30)/b24-10+. The largest absolute Gasteiger partial charge is 0.493 e. The number of Topliss-reactive ketones (excluding diaryl/α,β-unsaturated/α-hetero) is 1. The number of allylic oxidation sites excluding steroid dienone is 1. The topological polar surface area (TPSA) is 119 Å². The van der Waals surface area contributed by atoms with Gasteiger partial charge in [-0.15, -0.1) is 11.8 Å². The van der Waals surface area contributed by atoms with Crippen molar-refractivity contribution in [2.75, 3.05) is 39.0 Å². The van der Waals surface area contributed by atoms with E-state index >= 15 is 0 Å². The molecule has 10 heteroatoms. The second kappa shape index (κ2) is 12.0. The predicted molar refractivity (Wildman–Crippen MR) is 141 cm³/mol. The van der Waals surface area contributed by atoms with E-state index in [4.69, 9.17) is 14.2 Å². The molecule has 1 atom stereocenters. The number of aliphatic hydroxyl groups is 2. The zero-order valence-corrected chi connectivity index (χ0v) is 21.6. The molecule has 0 saturated carbocycles. The molecule has 1 aromatic heterocycles. The first-order valence-electron chi connectivity index (χ1n) is 11.1. The number of carbonyl (C=O) groups excluding carboxylic acids is 2. The molecule has 2 aromatic carbocycles. The molecule has 1 amide bonds. The highest BCUT2D eigenvalue weighted by Crippen LogP contribution is 2.40. The van der Waals surface area contributed by atoms with Crippen molar-refractivity contribution in [3.05, 3.63) is 52.6 Å². The third-order valence-corrected chi connectivity index (χ3v) is 6.59. The third kappa shape index (κ3) is 6.01. The molecule has 0 radical (unpaired) electrons. The highest BCUT2D eigenvalue weighted by atomic mass is 32.2. The average molecular weight is 515 g/mol. The van der Waals surface area contributed by atoms with Crippen LogP contribution in [0.1, 0.15) is 22.8 Å². The first-order valence-corrected chi connectivity index (χ1v) is 12.1. The van der Waals surface area contributed by atoms with Gasteiger partial charge in [-0.25, -0.2) is 0 Å².